The van der Waals surface area contributed by atoms with Crippen molar-refractivity contribution >= 4 is 11.8 Å². The van der Waals surface area contributed by atoms with Crippen molar-refractivity contribution in [3.63, 3.8) is 0 Å². The van der Waals surface area contributed by atoms with Gasteiger partial charge in [0.1, 0.15) is 0 Å². The van der Waals surface area contributed by atoms with Gasteiger partial charge in [0, 0.05) is 0 Å². The maximum atomic E-state index is 12.7. The normalized spacial score (nSPS) is 35.8. The Morgan fingerprint density at radius 1 is 1.00 bits per heavy atom. The smallest absolute Gasteiger partial charge is 0.234 e. The van der Waals surface area contributed by atoms with Crippen LogP contribution in [0, 0.1) is 23.7 Å². The summed E-state index contributed by atoms with van der Waals surface area (Å²) < 4.78 is 0. The largest absolute Gasteiger partial charge is 0.275 e. The van der Waals surface area contributed by atoms with Crippen LogP contribution in [0.4, 0.5) is 0 Å². The van der Waals surface area contributed by atoms with Crippen LogP contribution in [0.2, 0.25) is 0 Å². The van der Waals surface area contributed by atoms with Gasteiger partial charge in [-0.05, 0) is 30.7 Å². The van der Waals surface area contributed by atoms with Crippen LogP contribution in [-0.4, -0.2) is 16.7 Å². The van der Waals surface area contributed by atoms with E-state index in [0.717, 1.165) is 12.0 Å². The predicted molar refractivity (Wildman–Crippen MR) is 74.4 cm³/mol. The maximum Gasteiger partial charge on any atom is 0.234 e. The third-order valence-corrected chi connectivity index (χ3v) is 5.17. The monoisotopic (exact) mass is 267 g/mol. The molecule has 0 aromatic heterocycles. The summed E-state index contributed by atoms with van der Waals surface area (Å²) in [7, 11) is 0. The lowest BCUT2D eigenvalue weighted by atomic mass is 9.85. The van der Waals surface area contributed by atoms with Crippen LogP contribution in [0.15, 0.2) is 42.5 Å². The molecule has 1 heterocycles. The zero-order valence-corrected chi connectivity index (χ0v) is 11.4. The van der Waals surface area contributed by atoms with Crippen LogP contribution < -0.4 is 0 Å². The van der Waals surface area contributed by atoms with Crippen LogP contribution in [0.25, 0.3) is 0 Å². The highest BCUT2D eigenvalue weighted by atomic mass is 16.2. The van der Waals surface area contributed by atoms with Crippen LogP contribution in [0.1, 0.15) is 24.9 Å². The molecule has 2 aliphatic carbocycles. The Balaban J connectivity index is 1.68. The molecule has 3 heteroatoms. The molecule has 2 bridgehead atoms. The number of likely N-dealkylation sites (tertiary alicyclic amines) is 1. The van der Waals surface area contributed by atoms with Crippen molar-refractivity contribution < 1.29 is 9.59 Å². The van der Waals surface area contributed by atoms with Crippen molar-refractivity contribution in [1.29, 1.82) is 0 Å². The second-order valence-electron chi connectivity index (χ2n) is 6.13. The van der Waals surface area contributed by atoms with Crippen molar-refractivity contribution in [3.05, 3.63) is 48.0 Å². The number of amides is 2. The van der Waals surface area contributed by atoms with Gasteiger partial charge in [-0.3, -0.25) is 14.5 Å². The fraction of sp³-hybridized carbons (Fsp3) is 0.412. The van der Waals surface area contributed by atoms with Crippen molar-refractivity contribution in [2.24, 2.45) is 23.7 Å². The van der Waals surface area contributed by atoms with E-state index in [9.17, 15) is 9.59 Å². The lowest BCUT2D eigenvalue weighted by Gasteiger charge is -2.24. The third-order valence-electron chi connectivity index (χ3n) is 5.17. The minimum Gasteiger partial charge on any atom is -0.275 e. The van der Waals surface area contributed by atoms with E-state index in [1.807, 2.05) is 37.3 Å². The summed E-state index contributed by atoms with van der Waals surface area (Å²) in [5, 5.41) is 0. The van der Waals surface area contributed by atoms with Crippen molar-refractivity contribution in [3.8, 4) is 0 Å². The molecule has 1 saturated heterocycles. The highest BCUT2D eigenvalue weighted by Gasteiger charge is 2.60. The molecule has 1 aliphatic heterocycles. The summed E-state index contributed by atoms with van der Waals surface area (Å²) in [5.74, 6) is 0.456. The van der Waals surface area contributed by atoms with Crippen molar-refractivity contribution in [2.75, 3.05) is 0 Å². The Morgan fingerprint density at radius 3 is 2.10 bits per heavy atom. The van der Waals surface area contributed by atoms with Gasteiger partial charge >= 0.3 is 0 Å². The van der Waals surface area contributed by atoms with Gasteiger partial charge in [-0.2, -0.15) is 0 Å². The highest BCUT2D eigenvalue weighted by molar-refractivity contribution is 6.06. The van der Waals surface area contributed by atoms with Gasteiger partial charge in [-0.15, -0.1) is 0 Å². The first-order valence-electron chi connectivity index (χ1n) is 7.28. The minimum atomic E-state index is -0.166. The number of nitrogens with zero attached hydrogens (tertiary/aromatic N) is 1. The zero-order chi connectivity index (χ0) is 13.9. The van der Waals surface area contributed by atoms with Crippen LogP contribution in [-0.2, 0) is 9.59 Å². The number of carbonyl (C=O) groups excluding carboxylic acids is 2. The Bertz CT molecular complexity index is 577. The molecular weight excluding hydrogens is 250 g/mol. The molecule has 0 spiro atoms. The van der Waals surface area contributed by atoms with Gasteiger partial charge in [0.15, 0.2) is 0 Å². The number of allylic oxidation sites excluding steroid dienone is 2. The summed E-state index contributed by atoms with van der Waals surface area (Å²) >= 11 is 0. The quantitative estimate of drug-likeness (QED) is 0.610. The van der Waals surface area contributed by atoms with Gasteiger partial charge in [-0.1, -0.05) is 42.5 Å². The molecule has 102 valence electrons. The van der Waals surface area contributed by atoms with E-state index in [2.05, 4.69) is 12.2 Å². The van der Waals surface area contributed by atoms with Gasteiger partial charge in [0.2, 0.25) is 11.8 Å². The van der Waals surface area contributed by atoms with Gasteiger partial charge < -0.3 is 0 Å². The number of hydrogen-bond acceptors (Lipinski definition) is 2. The Labute approximate surface area is 118 Å². The molecule has 1 saturated carbocycles. The minimum absolute atomic E-state index is 0.0354. The number of benzene rings is 1. The topological polar surface area (TPSA) is 37.4 Å². The molecule has 5 atom stereocenters. The van der Waals surface area contributed by atoms with Crippen LogP contribution in [0.3, 0.4) is 0 Å². The molecule has 3 aliphatic rings. The van der Waals surface area contributed by atoms with Gasteiger partial charge in [0.05, 0.1) is 17.9 Å². The van der Waals surface area contributed by atoms with Gasteiger partial charge in [0.25, 0.3) is 0 Å². The van der Waals surface area contributed by atoms with E-state index >= 15 is 0 Å². The second kappa shape index (κ2) is 4.05. The van der Waals surface area contributed by atoms with E-state index in [0.29, 0.717) is 0 Å². The third kappa shape index (κ3) is 1.41. The first-order valence-corrected chi connectivity index (χ1v) is 7.28. The van der Waals surface area contributed by atoms with Crippen molar-refractivity contribution in [2.45, 2.75) is 19.4 Å². The first-order chi connectivity index (χ1) is 9.68. The summed E-state index contributed by atoms with van der Waals surface area (Å²) in [4.78, 5) is 26.9. The number of carbonyl (C=O) groups is 2. The van der Waals surface area contributed by atoms with E-state index in [1.165, 1.54) is 4.90 Å². The van der Waals surface area contributed by atoms with E-state index in [4.69, 9.17) is 0 Å². The fourth-order valence-corrected chi connectivity index (χ4v) is 4.19. The molecule has 0 radical (unpaired) electrons. The van der Waals surface area contributed by atoms with E-state index in [-0.39, 0.29) is 41.5 Å². The Hall–Kier alpha value is -1.90. The molecule has 20 heavy (non-hydrogen) atoms. The average Bonchev–Trinajstić information content (AvgIpc) is 3.14. The lowest BCUT2D eigenvalue weighted by Crippen LogP contribution is -2.35. The molecule has 2 fully saturated rings. The molecule has 1 aromatic carbocycles. The van der Waals surface area contributed by atoms with E-state index in [1.54, 1.807) is 0 Å². The Morgan fingerprint density at radius 2 is 1.55 bits per heavy atom. The Kier molecular flexibility index (Phi) is 2.40. The number of rotatable bonds is 2. The summed E-state index contributed by atoms with van der Waals surface area (Å²) in [6.45, 7) is 1.95. The highest BCUT2D eigenvalue weighted by Crippen LogP contribution is 2.53. The summed E-state index contributed by atoms with van der Waals surface area (Å²) in [6.07, 6.45) is 5.25. The number of imide groups is 1. The fourth-order valence-electron chi connectivity index (χ4n) is 4.19. The van der Waals surface area contributed by atoms with E-state index < -0.39 is 0 Å². The standard InChI is InChI=1S/C17H17NO2/c1-10(11-5-3-2-4-6-11)18-16(19)14-12-7-8-13(9-12)15(14)17(18)20/h2-8,10,12-15H,9H2,1H3/t10-,12?,13?,14?,15?/m0/s1. The summed E-state index contributed by atoms with van der Waals surface area (Å²) in [5.41, 5.74) is 1.02. The summed E-state index contributed by atoms with van der Waals surface area (Å²) in [6, 6.07) is 9.63. The molecule has 2 amide bonds. The molecular formula is C17H17NO2. The lowest BCUT2D eigenvalue weighted by molar-refractivity contribution is -0.143. The SMILES string of the molecule is C[C@@H](c1ccccc1)N1C(=O)C2C3C=CC(C3)C2C1=O. The average molecular weight is 267 g/mol. The molecule has 1 aromatic rings. The molecule has 3 nitrogen and oxygen atoms in total. The van der Waals surface area contributed by atoms with Gasteiger partial charge in [-0.25, -0.2) is 0 Å². The predicted octanol–water partition coefficient (Wildman–Crippen LogP) is 2.55. The molecule has 4 unspecified atom stereocenters. The number of hydrogen-bond donors (Lipinski definition) is 0. The van der Waals surface area contributed by atoms with Crippen LogP contribution >= 0.6 is 0 Å². The van der Waals surface area contributed by atoms with Crippen LogP contribution in [0.5, 0.6) is 0 Å². The first kappa shape index (κ1) is 11.9. The zero-order valence-electron chi connectivity index (χ0n) is 11.4. The molecule has 4 rings (SSSR count). The van der Waals surface area contributed by atoms with Crippen molar-refractivity contribution in [1.82, 2.24) is 4.90 Å². The molecule has 0 N–H and O–H groups in total. The number of fused-ring (bicyclic) bond motifs is 5. The maximum absolute atomic E-state index is 12.7. The second-order valence-corrected chi connectivity index (χ2v) is 6.13.